The summed E-state index contributed by atoms with van der Waals surface area (Å²) in [6, 6.07) is 11.7. The molecule has 0 unspecified atom stereocenters. The number of hydrogen-bond donors (Lipinski definition) is 0. The molecule has 1 aromatic heterocycles. The molecule has 0 radical (unpaired) electrons. The van der Waals surface area contributed by atoms with Gasteiger partial charge in [0, 0.05) is 5.38 Å². The molecule has 4 heteroatoms. The van der Waals surface area contributed by atoms with E-state index in [2.05, 4.69) is 0 Å². The quantitative estimate of drug-likeness (QED) is 0.830. The van der Waals surface area contributed by atoms with Crippen LogP contribution in [0.15, 0.2) is 41.8 Å². The molecule has 1 aliphatic heterocycles. The minimum absolute atomic E-state index is 0.215. The highest BCUT2D eigenvalue weighted by molar-refractivity contribution is 7.10. The number of thiophene rings is 1. The molecule has 0 bridgehead atoms. The molecule has 17 heavy (non-hydrogen) atoms. The van der Waals surface area contributed by atoms with Gasteiger partial charge >= 0.3 is 0 Å². The van der Waals surface area contributed by atoms with Crippen molar-refractivity contribution < 1.29 is 14.2 Å². The van der Waals surface area contributed by atoms with Gasteiger partial charge < -0.3 is 14.2 Å². The molecule has 0 atom stereocenters. The number of ether oxygens (including phenoxy) is 3. The summed E-state index contributed by atoms with van der Waals surface area (Å²) in [6.07, 6.45) is -0.215. The fraction of sp³-hybridized carbons (Fsp3) is 0.231. The predicted octanol–water partition coefficient (Wildman–Crippen LogP) is 3.59. The molecule has 0 amide bonds. The van der Waals surface area contributed by atoms with Crippen LogP contribution in [0.1, 0.15) is 11.2 Å². The molecule has 0 saturated carbocycles. The normalized spacial score (nSPS) is 16.2. The van der Waals surface area contributed by atoms with Crippen molar-refractivity contribution in [3.63, 3.8) is 0 Å². The maximum Gasteiger partial charge on any atom is 0.193 e. The summed E-state index contributed by atoms with van der Waals surface area (Å²) >= 11 is 1.59. The predicted molar refractivity (Wildman–Crippen MR) is 65.5 cm³/mol. The van der Waals surface area contributed by atoms with Crippen molar-refractivity contribution in [3.05, 3.63) is 46.7 Å². The van der Waals surface area contributed by atoms with Crippen molar-refractivity contribution >= 4 is 11.3 Å². The number of rotatable bonds is 3. The first kappa shape index (κ1) is 10.8. The minimum Gasteiger partial charge on any atom is -0.456 e. The van der Waals surface area contributed by atoms with Crippen LogP contribution in [0.25, 0.3) is 0 Å². The summed E-state index contributed by atoms with van der Waals surface area (Å²) < 4.78 is 16.6. The zero-order chi connectivity index (χ0) is 11.5. The van der Waals surface area contributed by atoms with E-state index in [-0.39, 0.29) is 6.29 Å². The van der Waals surface area contributed by atoms with Crippen LogP contribution in [-0.2, 0) is 9.47 Å². The Hall–Kier alpha value is -1.36. The van der Waals surface area contributed by atoms with Gasteiger partial charge in [0.15, 0.2) is 6.29 Å². The number of para-hydroxylation sites is 1. The van der Waals surface area contributed by atoms with Crippen molar-refractivity contribution in [1.29, 1.82) is 0 Å². The lowest BCUT2D eigenvalue weighted by molar-refractivity contribution is -0.0413. The molecular formula is C13H12O3S. The molecule has 2 heterocycles. The molecular weight excluding hydrogens is 236 g/mol. The first-order chi connectivity index (χ1) is 8.42. The van der Waals surface area contributed by atoms with Crippen molar-refractivity contribution in [2.45, 2.75) is 6.29 Å². The molecule has 0 N–H and O–H groups in total. The van der Waals surface area contributed by atoms with Crippen molar-refractivity contribution in [2.75, 3.05) is 13.2 Å². The Bertz CT molecular complexity index is 474. The Labute approximate surface area is 104 Å². The van der Waals surface area contributed by atoms with Gasteiger partial charge in [0.05, 0.1) is 18.1 Å². The van der Waals surface area contributed by atoms with E-state index in [9.17, 15) is 0 Å². The average molecular weight is 248 g/mol. The van der Waals surface area contributed by atoms with Crippen LogP contribution >= 0.6 is 11.3 Å². The molecule has 88 valence electrons. The Morgan fingerprint density at radius 3 is 2.59 bits per heavy atom. The Morgan fingerprint density at radius 1 is 1.06 bits per heavy atom. The molecule has 1 fully saturated rings. The van der Waals surface area contributed by atoms with Crippen LogP contribution in [0.4, 0.5) is 0 Å². The average Bonchev–Trinajstić information content (AvgIpc) is 3.00. The van der Waals surface area contributed by atoms with Gasteiger partial charge in [-0.3, -0.25) is 0 Å². The third-order valence-corrected chi connectivity index (χ3v) is 3.36. The monoisotopic (exact) mass is 248 g/mol. The van der Waals surface area contributed by atoms with Crippen LogP contribution in [0, 0.1) is 0 Å². The van der Waals surface area contributed by atoms with E-state index in [4.69, 9.17) is 14.2 Å². The van der Waals surface area contributed by atoms with E-state index in [0.29, 0.717) is 13.2 Å². The van der Waals surface area contributed by atoms with Crippen LogP contribution in [-0.4, -0.2) is 13.2 Å². The first-order valence-electron chi connectivity index (χ1n) is 5.46. The van der Waals surface area contributed by atoms with Gasteiger partial charge in [0.1, 0.15) is 11.5 Å². The molecule has 1 aromatic carbocycles. The Balaban J connectivity index is 1.72. The molecule has 1 aliphatic rings. The van der Waals surface area contributed by atoms with Crippen molar-refractivity contribution in [1.82, 2.24) is 0 Å². The maximum absolute atomic E-state index is 5.72. The van der Waals surface area contributed by atoms with E-state index < -0.39 is 0 Å². The van der Waals surface area contributed by atoms with Crippen molar-refractivity contribution in [3.8, 4) is 11.5 Å². The zero-order valence-electron chi connectivity index (χ0n) is 9.17. The van der Waals surface area contributed by atoms with Gasteiger partial charge in [-0.15, -0.1) is 11.3 Å². The van der Waals surface area contributed by atoms with E-state index in [1.165, 1.54) is 0 Å². The highest BCUT2D eigenvalue weighted by atomic mass is 32.1. The smallest absolute Gasteiger partial charge is 0.193 e. The lowest BCUT2D eigenvalue weighted by atomic mass is 10.3. The van der Waals surface area contributed by atoms with Crippen LogP contribution < -0.4 is 4.74 Å². The second-order valence-electron chi connectivity index (χ2n) is 3.67. The molecule has 2 aromatic rings. The van der Waals surface area contributed by atoms with Crippen LogP contribution in [0.2, 0.25) is 0 Å². The van der Waals surface area contributed by atoms with Gasteiger partial charge in [-0.05, 0) is 18.2 Å². The first-order valence-corrected chi connectivity index (χ1v) is 6.34. The van der Waals surface area contributed by atoms with E-state index in [1.54, 1.807) is 11.3 Å². The van der Waals surface area contributed by atoms with Gasteiger partial charge in [0.2, 0.25) is 0 Å². The number of benzene rings is 1. The molecule has 3 nitrogen and oxygen atoms in total. The van der Waals surface area contributed by atoms with Crippen LogP contribution in [0.3, 0.4) is 0 Å². The molecule has 0 spiro atoms. The van der Waals surface area contributed by atoms with Gasteiger partial charge in [0.25, 0.3) is 0 Å². The Morgan fingerprint density at radius 2 is 1.82 bits per heavy atom. The summed E-state index contributed by atoms with van der Waals surface area (Å²) in [7, 11) is 0. The standard InChI is InChI=1S/C13H12O3S/c1-2-4-10(5-3-1)16-11-8-12(17-9-11)13-14-6-7-15-13/h1-5,8-9,13H,6-7H2. The van der Waals surface area contributed by atoms with E-state index in [0.717, 1.165) is 16.4 Å². The topological polar surface area (TPSA) is 27.7 Å². The summed E-state index contributed by atoms with van der Waals surface area (Å²) in [6.45, 7) is 1.33. The zero-order valence-corrected chi connectivity index (χ0v) is 9.98. The number of hydrogen-bond acceptors (Lipinski definition) is 4. The summed E-state index contributed by atoms with van der Waals surface area (Å²) in [5, 5.41) is 1.97. The molecule has 3 rings (SSSR count). The minimum atomic E-state index is -0.215. The van der Waals surface area contributed by atoms with Crippen LogP contribution in [0.5, 0.6) is 11.5 Å². The largest absolute Gasteiger partial charge is 0.456 e. The summed E-state index contributed by atoms with van der Waals surface area (Å²) in [4.78, 5) is 1.05. The third-order valence-electron chi connectivity index (χ3n) is 2.43. The molecule has 1 saturated heterocycles. The van der Waals surface area contributed by atoms with Gasteiger partial charge in [-0.2, -0.15) is 0 Å². The lowest BCUT2D eigenvalue weighted by Gasteiger charge is -2.05. The van der Waals surface area contributed by atoms with Gasteiger partial charge in [-0.1, -0.05) is 18.2 Å². The maximum atomic E-state index is 5.72. The van der Waals surface area contributed by atoms with E-state index in [1.807, 2.05) is 41.8 Å². The SMILES string of the molecule is c1ccc(Oc2csc(C3OCCO3)c2)cc1. The summed E-state index contributed by atoms with van der Waals surface area (Å²) in [5.74, 6) is 1.67. The second-order valence-corrected chi connectivity index (χ2v) is 4.62. The van der Waals surface area contributed by atoms with E-state index >= 15 is 0 Å². The Kier molecular flexibility index (Phi) is 3.09. The fourth-order valence-electron chi connectivity index (χ4n) is 1.66. The third kappa shape index (κ3) is 2.49. The lowest BCUT2D eigenvalue weighted by Crippen LogP contribution is -1.93. The highest BCUT2D eigenvalue weighted by Gasteiger charge is 2.20. The molecule has 0 aliphatic carbocycles. The van der Waals surface area contributed by atoms with Crippen molar-refractivity contribution in [2.24, 2.45) is 0 Å². The second kappa shape index (κ2) is 4.87. The summed E-state index contributed by atoms with van der Waals surface area (Å²) in [5.41, 5.74) is 0. The van der Waals surface area contributed by atoms with Gasteiger partial charge in [-0.25, -0.2) is 0 Å². The highest BCUT2D eigenvalue weighted by Crippen LogP contribution is 2.33. The fourth-order valence-corrected chi connectivity index (χ4v) is 2.46.